The Hall–Kier alpha value is -1.05. The van der Waals surface area contributed by atoms with E-state index in [1.807, 2.05) is 0 Å². The van der Waals surface area contributed by atoms with Gasteiger partial charge in [-0.25, -0.2) is 0 Å². The Morgan fingerprint density at radius 3 is 2.00 bits per heavy atom. The third kappa shape index (κ3) is 8.19. The maximum atomic E-state index is 10.8. The summed E-state index contributed by atoms with van der Waals surface area (Å²) in [5.41, 5.74) is 0. The number of rotatable bonds is 12. The van der Waals surface area contributed by atoms with Crippen LogP contribution < -0.4 is 0 Å². The summed E-state index contributed by atoms with van der Waals surface area (Å²) in [6.07, 6.45) is 12.6. The Balaban J connectivity index is 2.06. The minimum absolute atomic E-state index is 0.309. The van der Waals surface area contributed by atoms with Crippen molar-refractivity contribution in [2.24, 2.45) is 0 Å². The van der Waals surface area contributed by atoms with E-state index in [2.05, 4.69) is 19.1 Å². The van der Waals surface area contributed by atoms with Gasteiger partial charge in [-0.15, -0.1) is 0 Å². The fourth-order valence-corrected chi connectivity index (χ4v) is 2.44. The van der Waals surface area contributed by atoms with E-state index in [9.17, 15) is 4.79 Å². The molecule has 0 spiro atoms. The molecule has 20 heavy (non-hydrogen) atoms. The summed E-state index contributed by atoms with van der Waals surface area (Å²) in [6, 6.07) is 4.27. The van der Waals surface area contributed by atoms with E-state index < -0.39 is 0 Å². The van der Waals surface area contributed by atoms with Crippen molar-refractivity contribution < 1.29 is 9.21 Å². The van der Waals surface area contributed by atoms with Crippen LogP contribution in [-0.2, 0) is 17.6 Å². The molecular formula is C18H30O2. The number of carbonyl (C=O) groups excluding carboxylic acids is 1. The van der Waals surface area contributed by atoms with Crippen molar-refractivity contribution in [2.45, 2.75) is 84.5 Å². The van der Waals surface area contributed by atoms with Crippen LogP contribution >= 0.6 is 0 Å². The third-order valence-electron chi connectivity index (χ3n) is 3.70. The van der Waals surface area contributed by atoms with E-state index in [1.165, 1.54) is 38.5 Å². The highest BCUT2D eigenvalue weighted by atomic mass is 16.3. The first-order valence-corrected chi connectivity index (χ1v) is 8.29. The number of Topliss-reactive ketones (excluding diaryl/α,β-unsaturated/α-hetero) is 1. The van der Waals surface area contributed by atoms with Gasteiger partial charge in [-0.3, -0.25) is 0 Å². The molecule has 0 saturated carbocycles. The van der Waals surface area contributed by atoms with Crippen molar-refractivity contribution >= 4 is 5.78 Å². The van der Waals surface area contributed by atoms with E-state index in [-0.39, 0.29) is 0 Å². The number of hydrogen-bond acceptors (Lipinski definition) is 2. The largest absolute Gasteiger partial charge is 0.466 e. The number of carbonyl (C=O) groups is 1. The van der Waals surface area contributed by atoms with E-state index in [0.717, 1.165) is 43.6 Å². The Morgan fingerprint density at radius 2 is 1.45 bits per heavy atom. The molecule has 0 unspecified atom stereocenters. The number of aryl methyl sites for hydroxylation is 2. The van der Waals surface area contributed by atoms with E-state index in [0.29, 0.717) is 5.78 Å². The number of furan rings is 1. The number of hydrogen-bond donors (Lipinski definition) is 0. The van der Waals surface area contributed by atoms with Crippen molar-refractivity contribution in [3.05, 3.63) is 23.7 Å². The Bertz CT molecular complexity index is 365. The number of ketones is 1. The zero-order valence-corrected chi connectivity index (χ0v) is 13.2. The van der Waals surface area contributed by atoms with Crippen LogP contribution in [0.3, 0.4) is 0 Å². The molecule has 1 aromatic heterocycles. The molecule has 1 aromatic rings. The molecule has 2 nitrogen and oxygen atoms in total. The molecule has 0 saturated heterocycles. The molecule has 1 heterocycles. The van der Waals surface area contributed by atoms with Crippen molar-refractivity contribution in [2.75, 3.05) is 0 Å². The van der Waals surface area contributed by atoms with Crippen molar-refractivity contribution in [1.29, 1.82) is 0 Å². The molecule has 0 N–H and O–H groups in total. The predicted molar refractivity (Wildman–Crippen MR) is 84.0 cm³/mol. The molecule has 0 atom stereocenters. The summed E-state index contributed by atoms with van der Waals surface area (Å²) in [6.45, 7) is 3.91. The standard InChI is InChI=1S/C18H30O2/c1-3-4-5-9-12-17-14-15-18(20-17)13-10-7-6-8-11-16(2)19/h14-15H,3-13H2,1-2H3. The number of unbranched alkanes of at least 4 members (excludes halogenated alkanes) is 6. The quantitative estimate of drug-likeness (QED) is 0.474. The second kappa shape index (κ2) is 10.7. The highest BCUT2D eigenvalue weighted by Gasteiger charge is 2.02. The molecule has 0 bridgehead atoms. The van der Waals surface area contributed by atoms with Gasteiger partial charge in [-0.05, 0) is 38.3 Å². The predicted octanol–water partition coefficient (Wildman–Crippen LogP) is 5.48. The van der Waals surface area contributed by atoms with Crippen LogP contribution in [0.5, 0.6) is 0 Å². The van der Waals surface area contributed by atoms with Crippen molar-refractivity contribution in [1.82, 2.24) is 0 Å². The average molecular weight is 278 g/mol. The summed E-state index contributed by atoms with van der Waals surface area (Å²) >= 11 is 0. The van der Waals surface area contributed by atoms with Crippen molar-refractivity contribution in [3.63, 3.8) is 0 Å². The van der Waals surface area contributed by atoms with Gasteiger partial charge in [0.1, 0.15) is 17.3 Å². The van der Waals surface area contributed by atoms with Crippen LogP contribution in [0.2, 0.25) is 0 Å². The van der Waals surface area contributed by atoms with Crippen LogP contribution in [0.25, 0.3) is 0 Å². The lowest BCUT2D eigenvalue weighted by Gasteiger charge is -2.00. The van der Waals surface area contributed by atoms with Gasteiger partial charge in [0, 0.05) is 19.3 Å². The molecular weight excluding hydrogens is 248 g/mol. The molecule has 1 rings (SSSR count). The third-order valence-corrected chi connectivity index (χ3v) is 3.70. The Kier molecular flexibility index (Phi) is 9.10. The van der Waals surface area contributed by atoms with Crippen LogP contribution in [0.15, 0.2) is 16.5 Å². The van der Waals surface area contributed by atoms with Gasteiger partial charge in [-0.2, -0.15) is 0 Å². The van der Waals surface area contributed by atoms with Crippen LogP contribution in [0, 0.1) is 0 Å². The summed E-state index contributed by atoms with van der Waals surface area (Å²) in [4.78, 5) is 10.8. The van der Waals surface area contributed by atoms with Gasteiger partial charge >= 0.3 is 0 Å². The minimum atomic E-state index is 0.309. The van der Waals surface area contributed by atoms with E-state index in [4.69, 9.17) is 4.42 Å². The smallest absolute Gasteiger partial charge is 0.129 e. The summed E-state index contributed by atoms with van der Waals surface area (Å²) in [7, 11) is 0. The second-order valence-electron chi connectivity index (χ2n) is 5.79. The topological polar surface area (TPSA) is 30.2 Å². The first-order chi connectivity index (χ1) is 9.72. The molecule has 0 aromatic carbocycles. The molecule has 0 fully saturated rings. The van der Waals surface area contributed by atoms with Gasteiger partial charge in [0.15, 0.2) is 0 Å². The Morgan fingerprint density at radius 1 is 0.900 bits per heavy atom. The van der Waals surface area contributed by atoms with Gasteiger partial charge in [0.25, 0.3) is 0 Å². The molecule has 0 aliphatic rings. The van der Waals surface area contributed by atoms with Crippen LogP contribution in [0.1, 0.15) is 83.2 Å². The lowest BCUT2D eigenvalue weighted by atomic mass is 10.1. The highest BCUT2D eigenvalue weighted by Crippen LogP contribution is 2.15. The fourth-order valence-electron chi connectivity index (χ4n) is 2.44. The summed E-state index contributed by atoms with van der Waals surface area (Å²) in [5.74, 6) is 2.58. The molecule has 0 aliphatic carbocycles. The SMILES string of the molecule is CCCCCCc1ccc(CCCCCCC(C)=O)o1. The van der Waals surface area contributed by atoms with Gasteiger partial charge in [0.05, 0.1) is 0 Å². The molecule has 2 heteroatoms. The van der Waals surface area contributed by atoms with Crippen LogP contribution in [0.4, 0.5) is 0 Å². The van der Waals surface area contributed by atoms with E-state index in [1.54, 1.807) is 6.92 Å². The second-order valence-corrected chi connectivity index (χ2v) is 5.79. The Labute approximate surface area is 123 Å². The van der Waals surface area contributed by atoms with Gasteiger partial charge < -0.3 is 9.21 Å². The zero-order valence-electron chi connectivity index (χ0n) is 13.2. The first-order valence-electron chi connectivity index (χ1n) is 8.29. The summed E-state index contributed by atoms with van der Waals surface area (Å²) < 4.78 is 5.85. The fraction of sp³-hybridized carbons (Fsp3) is 0.722. The van der Waals surface area contributed by atoms with Crippen LogP contribution in [-0.4, -0.2) is 5.78 Å². The first kappa shape index (κ1) is 17.0. The zero-order chi connectivity index (χ0) is 14.6. The monoisotopic (exact) mass is 278 g/mol. The molecule has 0 aliphatic heterocycles. The van der Waals surface area contributed by atoms with Gasteiger partial charge in [0.2, 0.25) is 0 Å². The van der Waals surface area contributed by atoms with Crippen molar-refractivity contribution in [3.8, 4) is 0 Å². The highest BCUT2D eigenvalue weighted by molar-refractivity contribution is 5.75. The van der Waals surface area contributed by atoms with E-state index >= 15 is 0 Å². The lowest BCUT2D eigenvalue weighted by molar-refractivity contribution is -0.117. The molecule has 0 amide bonds. The molecule has 114 valence electrons. The minimum Gasteiger partial charge on any atom is -0.466 e. The normalized spacial score (nSPS) is 10.9. The maximum absolute atomic E-state index is 10.8. The lowest BCUT2D eigenvalue weighted by Crippen LogP contribution is -1.90. The summed E-state index contributed by atoms with van der Waals surface area (Å²) in [5, 5.41) is 0. The maximum Gasteiger partial charge on any atom is 0.129 e. The average Bonchev–Trinajstić information content (AvgIpc) is 2.86. The van der Waals surface area contributed by atoms with Gasteiger partial charge in [-0.1, -0.05) is 39.0 Å². The molecule has 0 radical (unpaired) electrons.